The van der Waals surface area contributed by atoms with Gasteiger partial charge in [0.2, 0.25) is 0 Å². The van der Waals surface area contributed by atoms with Crippen molar-refractivity contribution in [2.24, 2.45) is 5.10 Å². The second-order valence-electron chi connectivity index (χ2n) is 6.05. The van der Waals surface area contributed by atoms with Crippen LogP contribution in [0.2, 0.25) is 5.02 Å². The first-order valence-electron chi connectivity index (χ1n) is 8.45. The highest BCUT2D eigenvalue weighted by Crippen LogP contribution is 2.13. The number of carbonyl (C=O) groups is 2. The number of rotatable bonds is 5. The molecule has 2 heterocycles. The van der Waals surface area contributed by atoms with Crippen LogP contribution in [0.3, 0.4) is 0 Å². The molecule has 2 amide bonds. The smallest absolute Gasteiger partial charge is 0.267 e. The van der Waals surface area contributed by atoms with Crippen molar-refractivity contribution in [2.45, 2.75) is 13.8 Å². The van der Waals surface area contributed by atoms with E-state index in [0.717, 1.165) is 17.0 Å². The topological polar surface area (TPSA) is 88.4 Å². The summed E-state index contributed by atoms with van der Waals surface area (Å²) in [7, 11) is 0. The molecule has 8 heteroatoms. The first-order valence-corrected chi connectivity index (χ1v) is 8.83. The highest BCUT2D eigenvalue weighted by atomic mass is 35.5. The van der Waals surface area contributed by atoms with Gasteiger partial charge < -0.3 is 0 Å². The van der Waals surface area contributed by atoms with E-state index in [1.165, 1.54) is 12.4 Å². The van der Waals surface area contributed by atoms with Gasteiger partial charge >= 0.3 is 0 Å². The Kier molecular flexibility index (Phi) is 5.86. The number of benzene rings is 1. The van der Waals surface area contributed by atoms with Gasteiger partial charge in [-0.2, -0.15) is 5.10 Å². The normalized spacial score (nSPS) is 10.8. The van der Waals surface area contributed by atoms with Crippen molar-refractivity contribution in [2.75, 3.05) is 5.43 Å². The number of nitrogens with one attached hydrogen (secondary N) is 2. The van der Waals surface area contributed by atoms with Crippen LogP contribution in [0.25, 0.3) is 0 Å². The molecule has 0 aliphatic rings. The lowest BCUT2D eigenvalue weighted by Crippen LogP contribution is -2.24. The van der Waals surface area contributed by atoms with Crippen molar-refractivity contribution >= 4 is 29.6 Å². The van der Waals surface area contributed by atoms with Crippen LogP contribution < -0.4 is 10.9 Å². The van der Waals surface area contributed by atoms with E-state index < -0.39 is 0 Å². The van der Waals surface area contributed by atoms with Crippen LogP contribution in [0.5, 0.6) is 0 Å². The van der Waals surface area contributed by atoms with E-state index >= 15 is 0 Å². The number of pyridine rings is 1. The first kappa shape index (κ1) is 19.3. The Morgan fingerprint density at radius 1 is 1.11 bits per heavy atom. The van der Waals surface area contributed by atoms with E-state index in [4.69, 9.17) is 11.6 Å². The van der Waals surface area contributed by atoms with Crippen LogP contribution in [0.1, 0.15) is 37.7 Å². The molecule has 0 radical (unpaired) electrons. The van der Waals surface area contributed by atoms with Crippen LogP contribution in [0.15, 0.2) is 60.0 Å². The van der Waals surface area contributed by atoms with Gasteiger partial charge in [0.25, 0.3) is 11.8 Å². The Balaban J connectivity index is 1.70. The van der Waals surface area contributed by atoms with Gasteiger partial charge in [-0.25, -0.2) is 5.43 Å². The van der Waals surface area contributed by atoms with Crippen LogP contribution in [0, 0.1) is 13.8 Å². The molecule has 0 aliphatic heterocycles. The standard InChI is InChI=1S/C20H18ClN5O2/c1-13-10-17(12-23-24-19(27)16-4-3-9-22-11-16)14(2)26(13)25-20(28)15-5-7-18(21)8-6-15/h3-12H,1-2H3,(H,24,27)(H,25,28). The van der Waals surface area contributed by atoms with Crippen molar-refractivity contribution < 1.29 is 9.59 Å². The van der Waals surface area contributed by atoms with E-state index in [2.05, 4.69) is 20.9 Å². The van der Waals surface area contributed by atoms with E-state index in [-0.39, 0.29) is 11.8 Å². The second-order valence-corrected chi connectivity index (χ2v) is 6.49. The molecule has 28 heavy (non-hydrogen) atoms. The molecule has 0 unspecified atom stereocenters. The Morgan fingerprint density at radius 2 is 1.86 bits per heavy atom. The maximum atomic E-state index is 12.4. The molecule has 0 fully saturated rings. The molecule has 7 nitrogen and oxygen atoms in total. The summed E-state index contributed by atoms with van der Waals surface area (Å²) in [5.41, 5.74) is 8.57. The summed E-state index contributed by atoms with van der Waals surface area (Å²) in [5, 5.41) is 4.55. The minimum atomic E-state index is -0.353. The summed E-state index contributed by atoms with van der Waals surface area (Å²) >= 11 is 5.86. The highest BCUT2D eigenvalue weighted by Gasteiger charge is 2.12. The summed E-state index contributed by atoms with van der Waals surface area (Å²) in [4.78, 5) is 28.3. The summed E-state index contributed by atoms with van der Waals surface area (Å²) < 4.78 is 1.67. The fraction of sp³-hybridized carbons (Fsp3) is 0.100. The zero-order chi connectivity index (χ0) is 20.1. The number of nitrogens with zero attached hydrogens (tertiary/aromatic N) is 3. The van der Waals surface area contributed by atoms with Crippen LogP contribution in [-0.4, -0.2) is 27.7 Å². The Labute approximate surface area is 167 Å². The minimum absolute atomic E-state index is 0.258. The van der Waals surface area contributed by atoms with Crippen molar-refractivity contribution in [1.29, 1.82) is 0 Å². The fourth-order valence-corrected chi connectivity index (χ4v) is 2.71. The summed E-state index contributed by atoms with van der Waals surface area (Å²) in [5.74, 6) is -0.610. The number of amides is 2. The molecule has 3 aromatic rings. The van der Waals surface area contributed by atoms with E-state index in [0.29, 0.717) is 16.1 Å². The van der Waals surface area contributed by atoms with Crippen LogP contribution in [0.4, 0.5) is 0 Å². The lowest BCUT2D eigenvalue weighted by molar-refractivity contribution is 0.0953. The maximum absolute atomic E-state index is 12.4. The summed E-state index contributed by atoms with van der Waals surface area (Å²) in [6.07, 6.45) is 4.58. The third-order valence-corrected chi connectivity index (χ3v) is 4.34. The van der Waals surface area contributed by atoms with Gasteiger partial charge in [-0.3, -0.25) is 24.7 Å². The van der Waals surface area contributed by atoms with Crippen LogP contribution >= 0.6 is 11.6 Å². The molecule has 0 atom stereocenters. The molecular weight excluding hydrogens is 378 g/mol. The number of halogens is 1. The number of aromatic nitrogens is 2. The number of aryl methyl sites for hydroxylation is 1. The van der Waals surface area contributed by atoms with Gasteiger partial charge in [0.15, 0.2) is 0 Å². The molecule has 0 bridgehead atoms. The van der Waals surface area contributed by atoms with Crippen LogP contribution in [-0.2, 0) is 0 Å². The lowest BCUT2D eigenvalue weighted by atomic mass is 10.2. The Hall–Kier alpha value is -3.45. The predicted octanol–water partition coefficient (Wildman–Crippen LogP) is 3.30. The number of hydrazone groups is 1. The molecule has 0 spiro atoms. The molecule has 2 aromatic heterocycles. The molecule has 142 valence electrons. The summed E-state index contributed by atoms with van der Waals surface area (Å²) in [6, 6.07) is 11.8. The third kappa shape index (κ3) is 4.44. The number of hydrogen-bond donors (Lipinski definition) is 2. The predicted molar refractivity (Wildman–Crippen MR) is 108 cm³/mol. The monoisotopic (exact) mass is 395 g/mol. The fourth-order valence-electron chi connectivity index (χ4n) is 2.58. The molecule has 3 rings (SSSR count). The van der Waals surface area contributed by atoms with Gasteiger partial charge in [-0.15, -0.1) is 0 Å². The quantitative estimate of drug-likeness (QED) is 0.513. The van der Waals surface area contributed by atoms with Gasteiger partial charge in [-0.1, -0.05) is 11.6 Å². The molecule has 2 N–H and O–H groups in total. The van der Waals surface area contributed by atoms with Gasteiger partial charge in [0.1, 0.15) is 0 Å². The molecule has 0 aliphatic carbocycles. The molecular formula is C20H18ClN5O2. The second kappa shape index (κ2) is 8.49. The average Bonchev–Trinajstić information content (AvgIpc) is 2.96. The van der Waals surface area contributed by atoms with Gasteiger partial charge in [0, 0.05) is 39.9 Å². The van der Waals surface area contributed by atoms with Gasteiger partial charge in [0.05, 0.1) is 11.8 Å². The largest absolute Gasteiger partial charge is 0.272 e. The number of hydrogen-bond acceptors (Lipinski definition) is 4. The van der Waals surface area contributed by atoms with Gasteiger partial charge in [-0.05, 0) is 56.3 Å². The molecule has 1 aromatic carbocycles. The Bertz CT molecular complexity index is 1030. The van der Waals surface area contributed by atoms with E-state index in [1.807, 2.05) is 19.9 Å². The Morgan fingerprint density at radius 3 is 2.54 bits per heavy atom. The van der Waals surface area contributed by atoms with Crippen molar-refractivity contribution in [3.8, 4) is 0 Å². The maximum Gasteiger partial charge on any atom is 0.272 e. The van der Waals surface area contributed by atoms with E-state index in [1.54, 1.807) is 47.3 Å². The summed E-state index contributed by atoms with van der Waals surface area (Å²) in [6.45, 7) is 3.71. The SMILES string of the molecule is Cc1cc(C=NNC(=O)c2cccnc2)c(C)n1NC(=O)c1ccc(Cl)cc1. The van der Waals surface area contributed by atoms with Crippen molar-refractivity contribution in [3.05, 3.63) is 88.0 Å². The first-order chi connectivity index (χ1) is 13.5. The molecule has 0 saturated carbocycles. The molecule has 0 saturated heterocycles. The van der Waals surface area contributed by atoms with E-state index in [9.17, 15) is 9.59 Å². The van der Waals surface area contributed by atoms with Crippen molar-refractivity contribution in [3.63, 3.8) is 0 Å². The number of carbonyl (C=O) groups excluding carboxylic acids is 2. The zero-order valence-electron chi connectivity index (χ0n) is 15.3. The lowest BCUT2D eigenvalue weighted by Gasteiger charge is -2.11. The average molecular weight is 396 g/mol. The zero-order valence-corrected chi connectivity index (χ0v) is 16.1. The minimum Gasteiger partial charge on any atom is -0.267 e. The highest BCUT2D eigenvalue weighted by molar-refractivity contribution is 6.30. The third-order valence-electron chi connectivity index (χ3n) is 4.08. The van der Waals surface area contributed by atoms with Crippen molar-refractivity contribution in [1.82, 2.24) is 15.1 Å².